The number of rotatable bonds is 5. The van der Waals surface area contributed by atoms with Crippen molar-refractivity contribution >= 4 is 11.0 Å². The molecule has 27 heavy (non-hydrogen) atoms. The molecule has 1 aromatic heterocycles. The van der Waals surface area contributed by atoms with Gasteiger partial charge < -0.3 is 4.42 Å². The van der Waals surface area contributed by atoms with Crippen LogP contribution in [0.15, 0.2) is 63.8 Å². The Bertz CT molecular complexity index is 957. The molecule has 0 spiro atoms. The summed E-state index contributed by atoms with van der Waals surface area (Å²) in [5.74, 6) is 0. The molecule has 0 saturated carbocycles. The summed E-state index contributed by atoms with van der Waals surface area (Å²) >= 11 is 0. The summed E-state index contributed by atoms with van der Waals surface area (Å²) in [5.41, 5.74) is 4.08. The third-order valence-corrected chi connectivity index (χ3v) is 5.41. The zero-order chi connectivity index (χ0) is 18.6. The molecule has 1 aliphatic rings. The number of piperazine rings is 1. The quantitative estimate of drug-likeness (QED) is 0.649. The van der Waals surface area contributed by atoms with E-state index < -0.39 is 0 Å². The first kappa shape index (κ1) is 18.0. The molecule has 0 bridgehead atoms. The lowest BCUT2D eigenvalue weighted by molar-refractivity contribution is 0.122. The van der Waals surface area contributed by atoms with Crippen LogP contribution in [0.1, 0.15) is 23.6 Å². The van der Waals surface area contributed by atoms with Gasteiger partial charge in [0, 0.05) is 50.7 Å². The molecule has 140 valence electrons. The summed E-state index contributed by atoms with van der Waals surface area (Å²) in [7, 11) is 0. The van der Waals surface area contributed by atoms with Crippen LogP contribution in [0.5, 0.6) is 0 Å². The monoisotopic (exact) mass is 362 g/mol. The first-order valence-corrected chi connectivity index (χ1v) is 9.75. The lowest BCUT2D eigenvalue weighted by Gasteiger charge is -2.34. The van der Waals surface area contributed by atoms with Crippen LogP contribution in [0, 0.1) is 0 Å². The molecule has 0 aliphatic carbocycles. The standard InChI is InChI=1S/C23H26N2O2/c1-2-18-8-9-21-20(15-23(26)27-22(21)14-18)17-25-12-10-24(11-13-25)16-19-6-4-3-5-7-19/h3-9,14-15H,2,10-13,16-17H2,1H3. The third kappa shape index (κ3) is 4.29. The van der Waals surface area contributed by atoms with Gasteiger partial charge >= 0.3 is 5.63 Å². The number of benzene rings is 2. The van der Waals surface area contributed by atoms with Crippen LogP contribution in [0.3, 0.4) is 0 Å². The minimum atomic E-state index is -0.256. The molecule has 0 N–H and O–H groups in total. The Hall–Kier alpha value is -2.43. The van der Waals surface area contributed by atoms with Gasteiger partial charge in [-0.3, -0.25) is 9.80 Å². The summed E-state index contributed by atoms with van der Waals surface area (Å²) in [6.07, 6.45) is 0.938. The van der Waals surface area contributed by atoms with Gasteiger partial charge in [0.05, 0.1) is 0 Å². The fourth-order valence-corrected chi connectivity index (χ4v) is 3.81. The van der Waals surface area contributed by atoms with Crippen LogP contribution in [0.4, 0.5) is 0 Å². The number of fused-ring (bicyclic) bond motifs is 1. The smallest absolute Gasteiger partial charge is 0.336 e. The van der Waals surface area contributed by atoms with E-state index in [1.54, 1.807) is 6.07 Å². The normalized spacial score (nSPS) is 16.0. The number of hydrogen-bond donors (Lipinski definition) is 0. The van der Waals surface area contributed by atoms with E-state index in [1.807, 2.05) is 6.07 Å². The van der Waals surface area contributed by atoms with Crippen LogP contribution in [0.25, 0.3) is 11.0 Å². The highest BCUT2D eigenvalue weighted by atomic mass is 16.4. The van der Waals surface area contributed by atoms with Crippen molar-refractivity contribution in [2.45, 2.75) is 26.4 Å². The molecule has 1 saturated heterocycles. The van der Waals surface area contributed by atoms with Crippen LogP contribution in [0.2, 0.25) is 0 Å². The van der Waals surface area contributed by atoms with Crippen molar-refractivity contribution in [3.8, 4) is 0 Å². The molecule has 0 unspecified atom stereocenters. The average molecular weight is 362 g/mol. The van der Waals surface area contributed by atoms with E-state index in [0.29, 0.717) is 5.58 Å². The largest absolute Gasteiger partial charge is 0.423 e. The summed E-state index contributed by atoms with van der Waals surface area (Å²) in [6.45, 7) is 8.04. The van der Waals surface area contributed by atoms with Crippen LogP contribution < -0.4 is 5.63 Å². The molecule has 3 aromatic rings. The molecular weight excluding hydrogens is 336 g/mol. The molecule has 2 aromatic carbocycles. The predicted molar refractivity (Wildman–Crippen MR) is 109 cm³/mol. The Balaban J connectivity index is 1.44. The maximum absolute atomic E-state index is 12.0. The van der Waals surface area contributed by atoms with E-state index in [2.05, 4.69) is 59.2 Å². The van der Waals surface area contributed by atoms with Gasteiger partial charge in [-0.2, -0.15) is 0 Å². The number of hydrogen-bond acceptors (Lipinski definition) is 4. The highest BCUT2D eigenvalue weighted by Crippen LogP contribution is 2.21. The van der Waals surface area contributed by atoms with Gasteiger partial charge in [-0.05, 0) is 29.2 Å². The molecular formula is C23H26N2O2. The molecule has 2 heterocycles. The lowest BCUT2D eigenvalue weighted by atomic mass is 10.1. The van der Waals surface area contributed by atoms with Crippen LogP contribution >= 0.6 is 0 Å². The second-order valence-electron chi connectivity index (χ2n) is 7.31. The topological polar surface area (TPSA) is 36.7 Å². The van der Waals surface area contributed by atoms with Gasteiger partial charge in [0.1, 0.15) is 5.58 Å². The summed E-state index contributed by atoms with van der Waals surface area (Å²) in [6, 6.07) is 18.5. The Kier molecular flexibility index (Phi) is 5.37. The van der Waals surface area contributed by atoms with E-state index in [4.69, 9.17) is 4.42 Å². The first-order chi connectivity index (χ1) is 13.2. The van der Waals surface area contributed by atoms with E-state index >= 15 is 0 Å². The Morgan fingerprint density at radius 2 is 1.56 bits per heavy atom. The average Bonchev–Trinajstić information content (AvgIpc) is 2.69. The van der Waals surface area contributed by atoms with Gasteiger partial charge in [0.15, 0.2) is 0 Å². The van der Waals surface area contributed by atoms with Crippen LogP contribution in [-0.2, 0) is 19.5 Å². The summed E-state index contributed by atoms with van der Waals surface area (Å²) in [4.78, 5) is 16.9. The molecule has 4 nitrogen and oxygen atoms in total. The SMILES string of the molecule is CCc1ccc2c(CN3CCN(Cc4ccccc4)CC3)cc(=O)oc2c1. The highest BCUT2D eigenvalue weighted by Gasteiger charge is 2.18. The number of aryl methyl sites for hydroxylation is 1. The van der Waals surface area contributed by atoms with Crippen molar-refractivity contribution in [3.05, 3.63) is 81.7 Å². The van der Waals surface area contributed by atoms with Crippen molar-refractivity contribution in [1.82, 2.24) is 9.80 Å². The predicted octanol–water partition coefficient (Wildman–Crippen LogP) is 3.67. The molecule has 0 amide bonds. The van der Waals surface area contributed by atoms with E-state index in [0.717, 1.165) is 56.6 Å². The van der Waals surface area contributed by atoms with Crippen molar-refractivity contribution < 1.29 is 4.42 Å². The summed E-state index contributed by atoms with van der Waals surface area (Å²) < 4.78 is 5.44. The zero-order valence-corrected chi connectivity index (χ0v) is 15.9. The van der Waals surface area contributed by atoms with E-state index in [1.165, 1.54) is 11.1 Å². The maximum Gasteiger partial charge on any atom is 0.336 e. The van der Waals surface area contributed by atoms with Gasteiger partial charge in [-0.25, -0.2) is 4.79 Å². The van der Waals surface area contributed by atoms with Gasteiger partial charge in [0.25, 0.3) is 0 Å². The van der Waals surface area contributed by atoms with Crippen molar-refractivity contribution in [2.75, 3.05) is 26.2 Å². The fraction of sp³-hybridized carbons (Fsp3) is 0.348. The van der Waals surface area contributed by atoms with Gasteiger partial charge in [-0.15, -0.1) is 0 Å². The number of nitrogens with zero attached hydrogens (tertiary/aromatic N) is 2. The highest BCUT2D eigenvalue weighted by molar-refractivity contribution is 5.80. The Morgan fingerprint density at radius 1 is 0.852 bits per heavy atom. The second-order valence-corrected chi connectivity index (χ2v) is 7.31. The zero-order valence-electron chi connectivity index (χ0n) is 15.9. The van der Waals surface area contributed by atoms with Gasteiger partial charge in [0.2, 0.25) is 0 Å². The molecule has 0 atom stereocenters. The van der Waals surface area contributed by atoms with Crippen molar-refractivity contribution in [1.29, 1.82) is 0 Å². The molecule has 1 aliphatic heterocycles. The molecule has 1 fully saturated rings. The minimum absolute atomic E-state index is 0.256. The third-order valence-electron chi connectivity index (χ3n) is 5.41. The van der Waals surface area contributed by atoms with Crippen molar-refractivity contribution in [2.24, 2.45) is 0 Å². The first-order valence-electron chi connectivity index (χ1n) is 9.75. The Morgan fingerprint density at radius 3 is 2.26 bits per heavy atom. The van der Waals surface area contributed by atoms with Gasteiger partial charge in [-0.1, -0.05) is 49.4 Å². The van der Waals surface area contributed by atoms with Crippen LogP contribution in [-0.4, -0.2) is 36.0 Å². The summed E-state index contributed by atoms with van der Waals surface area (Å²) in [5, 5.41) is 1.05. The lowest BCUT2D eigenvalue weighted by Crippen LogP contribution is -2.45. The minimum Gasteiger partial charge on any atom is -0.423 e. The second kappa shape index (κ2) is 8.07. The fourth-order valence-electron chi connectivity index (χ4n) is 3.81. The van der Waals surface area contributed by atoms with E-state index in [9.17, 15) is 4.79 Å². The molecule has 4 heteroatoms. The molecule has 4 rings (SSSR count). The maximum atomic E-state index is 12.0. The molecule has 0 radical (unpaired) electrons. The van der Waals surface area contributed by atoms with E-state index in [-0.39, 0.29) is 5.63 Å². The Labute approximate surface area is 160 Å². The van der Waals surface area contributed by atoms with Crippen molar-refractivity contribution in [3.63, 3.8) is 0 Å².